The molecule has 1 aliphatic rings. The monoisotopic (exact) mass is 461 g/mol. The average Bonchev–Trinajstić information content (AvgIpc) is 3.10. The van der Waals surface area contributed by atoms with Crippen molar-refractivity contribution in [3.8, 4) is 11.1 Å². The van der Waals surface area contributed by atoms with Crippen LogP contribution in [0, 0.1) is 13.8 Å². The summed E-state index contributed by atoms with van der Waals surface area (Å²) >= 11 is 0. The van der Waals surface area contributed by atoms with Gasteiger partial charge >= 0.3 is 5.97 Å². The van der Waals surface area contributed by atoms with Crippen LogP contribution < -0.4 is 4.84 Å². The Morgan fingerprint density at radius 2 is 1.50 bits per heavy atom. The van der Waals surface area contributed by atoms with Gasteiger partial charge in [0.15, 0.2) is 0 Å². The Hall–Kier alpha value is -2.96. The normalized spacial score (nSPS) is 18.4. The number of rotatable bonds is 6. The number of hydrogen-bond acceptors (Lipinski definition) is 5. The van der Waals surface area contributed by atoms with Crippen LogP contribution in [0.15, 0.2) is 60.7 Å². The third-order valence-electron chi connectivity index (χ3n) is 6.57. The summed E-state index contributed by atoms with van der Waals surface area (Å²) in [6.07, 6.45) is 2.17. The highest BCUT2D eigenvalue weighted by Gasteiger charge is 2.45. The van der Waals surface area contributed by atoms with Crippen molar-refractivity contribution in [2.45, 2.75) is 78.0 Å². The van der Waals surface area contributed by atoms with E-state index < -0.39 is 12.1 Å². The molecule has 3 aromatic rings. The Kier molecular flexibility index (Phi) is 6.65. The summed E-state index contributed by atoms with van der Waals surface area (Å²) in [4.78, 5) is 27.0. The summed E-state index contributed by atoms with van der Waals surface area (Å²) in [7, 11) is 0. The van der Waals surface area contributed by atoms with E-state index in [1.54, 1.807) is 0 Å². The highest BCUT2D eigenvalue weighted by atomic mass is 16.7. The zero-order valence-electron chi connectivity index (χ0n) is 21.0. The lowest BCUT2D eigenvalue weighted by atomic mass is 9.82. The largest absolute Gasteiger partial charge is 0.370 e. The van der Waals surface area contributed by atoms with E-state index in [0.29, 0.717) is 0 Å². The zero-order valence-corrected chi connectivity index (χ0v) is 21.0. The topological polar surface area (TPSA) is 56.6 Å². The molecule has 4 rings (SSSR count). The number of nitrogens with zero attached hydrogens (tertiary/aromatic N) is 3. The van der Waals surface area contributed by atoms with Crippen molar-refractivity contribution < 1.29 is 14.5 Å². The number of hydrogen-bond donors (Lipinski definition) is 0. The molecule has 0 saturated carbocycles. The van der Waals surface area contributed by atoms with Crippen molar-refractivity contribution in [3.63, 3.8) is 0 Å². The minimum atomic E-state index is -0.926. The van der Waals surface area contributed by atoms with E-state index in [4.69, 9.17) is 9.68 Å². The minimum absolute atomic E-state index is 0.220. The maximum absolute atomic E-state index is 13.5. The molecule has 34 heavy (non-hydrogen) atoms. The number of benzene rings is 2. The van der Waals surface area contributed by atoms with E-state index in [2.05, 4.69) is 44.9 Å². The van der Waals surface area contributed by atoms with Gasteiger partial charge in [0.1, 0.15) is 0 Å². The molecule has 0 spiro atoms. The predicted octanol–water partition coefficient (Wildman–Crippen LogP) is 5.84. The highest BCUT2D eigenvalue weighted by Crippen LogP contribution is 2.40. The molecule has 2 heterocycles. The second-order valence-electron chi connectivity index (χ2n) is 10.5. The Morgan fingerprint density at radius 3 is 2.06 bits per heavy atom. The van der Waals surface area contributed by atoms with Gasteiger partial charge in [0.25, 0.3) is 0 Å². The van der Waals surface area contributed by atoms with Crippen LogP contribution in [0.3, 0.4) is 0 Å². The van der Waals surface area contributed by atoms with Crippen LogP contribution in [-0.4, -0.2) is 32.1 Å². The molecule has 1 atom stereocenters. The molecule has 2 aromatic carbocycles. The van der Waals surface area contributed by atoms with Crippen LogP contribution in [0.1, 0.15) is 70.0 Å². The second kappa shape index (κ2) is 9.35. The van der Waals surface area contributed by atoms with Gasteiger partial charge < -0.3 is 4.84 Å². The third-order valence-corrected chi connectivity index (χ3v) is 6.57. The van der Waals surface area contributed by atoms with Crippen molar-refractivity contribution in [3.05, 3.63) is 77.6 Å². The molecular formula is C28H35N3O3. The third kappa shape index (κ3) is 5.08. The zero-order chi connectivity index (χ0) is 24.5. The Morgan fingerprint density at radius 1 is 0.912 bits per heavy atom. The van der Waals surface area contributed by atoms with E-state index in [1.807, 2.05) is 67.4 Å². The Labute approximate surface area is 202 Å². The minimum Gasteiger partial charge on any atom is -0.316 e. The summed E-state index contributed by atoms with van der Waals surface area (Å²) in [5, 5.41) is 6.29. The SMILES string of the molecule is Cc1cc(C)n(OC(=O)C(ON2C(C)(C)CCCC2(C)C)c2ccc(-c3ccccc3)cc2)n1. The van der Waals surface area contributed by atoms with Gasteiger partial charge in [-0.1, -0.05) is 59.4 Å². The fourth-order valence-corrected chi connectivity index (χ4v) is 4.92. The van der Waals surface area contributed by atoms with Crippen LogP contribution in [0.25, 0.3) is 11.1 Å². The van der Waals surface area contributed by atoms with Crippen molar-refractivity contribution in [2.75, 3.05) is 0 Å². The molecule has 1 fully saturated rings. The van der Waals surface area contributed by atoms with Crippen molar-refractivity contribution in [2.24, 2.45) is 0 Å². The van der Waals surface area contributed by atoms with Crippen LogP contribution in [-0.2, 0) is 9.63 Å². The van der Waals surface area contributed by atoms with Gasteiger partial charge in [0, 0.05) is 11.1 Å². The standard InChI is InChI=1S/C28H35N3O3/c1-20-19-21(2)30(29-20)34-26(32)25(33-31-27(3,4)17-10-18-28(31,5)6)24-15-13-23(14-16-24)22-11-8-7-9-12-22/h7-9,11-16,19,25H,10,17-18H2,1-6H3. The van der Waals surface area contributed by atoms with E-state index in [0.717, 1.165) is 47.3 Å². The molecule has 0 radical (unpaired) electrons. The lowest BCUT2D eigenvalue weighted by Gasteiger charge is -2.52. The van der Waals surface area contributed by atoms with Gasteiger partial charge in [-0.05, 0) is 83.6 Å². The molecule has 0 aliphatic carbocycles. The van der Waals surface area contributed by atoms with Crippen LogP contribution in [0.5, 0.6) is 0 Å². The molecule has 1 aromatic heterocycles. The smallest absolute Gasteiger partial charge is 0.316 e. The fraction of sp³-hybridized carbons (Fsp3) is 0.429. The summed E-state index contributed by atoms with van der Waals surface area (Å²) in [5.41, 5.74) is 4.04. The van der Waals surface area contributed by atoms with Crippen molar-refractivity contribution in [1.29, 1.82) is 0 Å². The molecule has 0 amide bonds. The molecule has 0 N–H and O–H groups in total. The maximum atomic E-state index is 13.5. The summed E-state index contributed by atoms with van der Waals surface area (Å²) < 4.78 is 0. The van der Waals surface area contributed by atoms with Crippen LogP contribution >= 0.6 is 0 Å². The first-order chi connectivity index (χ1) is 16.1. The average molecular weight is 462 g/mol. The van der Waals surface area contributed by atoms with Gasteiger partial charge in [-0.3, -0.25) is 4.84 Å². The first kappa shape index (κ1) is 24.2. The molecule has 180 valence electrons. The fourth-order valence-electron chi connectivity index (χ4n) is 4.92. The van der Waals surface area contributed by atoms with Gasteiger partial charge in [0.05, 0.1) is 11.4 Å². The lowest BCUT2D eigenvalue weighted by Crippen LogP contribution is -2.59. The van der Waals surface area contributed by atoms with Crippen LogP contribution in [0.4, 0.5) is 0 Å². The molecule has 6 heteroatoms. The quantitative estimate of drug-likeness (QED) is 0.462. The molecule has 1 aliphatic heterocycles. The van der Waals surface area contributed by atoms with E-state index in [1.165, 1.54) is 4.85 Å². The van der Waals surface area contributed by atoms with E-state index >= 15 is 0 Å². The number of hydroxylamine groups is 2. The second-order valence-corrected chi connectivity index (χ2v) is 10.5. The number of carbonyl (C=O) groups is 1. The number of carbonyl (C=O) groups excluding carboxylic acids is 1. The number of piperidine rings is 1. The Balaban J connectivity index is 1.67. The molecule has 1 unspecified atom stereocenters. The summed E-state index contributed by atoms with van der Waals surface area (Å²) in [6.45, 7) is 12.4. The van der Waals surface area contributed by atoms with E-state index in [9.17, 15) is 4.79 Å². The van der Waals surface area contributed by atoms with Gasteiger partial charge in [-0.15, -0.1) is 5.10 Å². The molecular weight excluding hydrogens is 426 g/mol. The summed E-state index contributed by atoms with van der Waals surface area (Å²) in [6, 6.07) is 20.0. The van der Waals surface area contributed by atoms with Crippen molar-refractivity contribution >= 4 is 5.97 Å². The van der Waals surface area contributed by atoms with Gasteiger partial charge in [0.2, 0.25) is 6.10 Å². The molecule has 6 nitrogen and oxygen atoms in total. The highest BCUT2D eigenvalue weighted by molar-refractivity contribution is 5.77. The number of aryl methyl sites for hydroxylation is 2. The van der Waals surface area contributed by atoms with Crippen molar-refractivity contribution in [1.82, 2.24) is 15.0 Å². The lowest BCUT2D eigenvalue weighted by molar-refractivity contribution is -0.305. The number of aromatic nitrogens is 2. The van der Waals surface area contributed by atoms with Gasteiger partial charge in [-0.2, -0.15) is 5.06 Å². The van der Waals surface area contributed by atoms with Crippen LogP contribution in [0.2, 0.25) is 0 Å². The first-order valence-corrected chi connectivity index (χ1v) is 11.9. The molecule has 0 bridgehead atoms. The van der Waals surface area contributed by atoms with Gasteiger partial charge in [-0.25, -0.2) is 4.79 Å². The predicted molar refractivity (Wildman–Crippen MR) is 133 cm³/mol. The first-order valence-electron chi connectivity index (χ1n) is 11.9. The molecule has 1 saturated heterocycles. The van der Waals surface area contributed by atoms with E-state index in [-0.39, 0.29) is 11.1 Å². The Bertz CT molecular complexity index is 1120. The maximum Gasteiger partial charge on any atom is 0.370 e. The summed E-state index contributed by atoms with van der Waals surface area (Å²) in [5.74, 6) is -0.504.